The van der Waals surface area contributed by atoms with Gasteiger partial charge in [0.25, 0.3) is 0 Å². The highest BCUT2D eigenvalue weighted by atomic mass is 19.4. The van der Waals surface area contributed by atoms with Gasteiger partial charge in [0.05, 0.1) is 6.54 Å². The smallest absolute Gasteiger partial charge is 0.492 e. The number of rotatable bonds is 18. The van der Waals surface area contributed by atoms with Crippen molar-refractivity contribution in [1.82, 2.24) is 4.90 Å². The molecule has 11 heteroatoms. The number of carbonyl (C=O) groups excluding carboxylic acids is 1. The molecule has 0 fully saturated rings. The number of amides is 1. The lowest BCUT2D eigenvalue weighted by Gasteiger charge is -2.23. The zero-order valence-corrected chi connectivity index (χ0v) is 23.0. The zero-order chi connectivity index (χ0) is 29.4. The van der Waals surface area contributed by atoms with E-state index in [1.165, 1.54) is 23.1 Å². The maximum atomic E-state index is 12.9. The van der Waals surface area contributed by atoms with Crippen LogP contribution in [0.15, 0.2) is 48.5 Å². The summed E-state index contributed by atoms with van der Waals surface area (Å²) >= 11 is 0. The number of hydrogen-bond acceptors (Lipinski definition) is 6. The number of carbonyl (C=O) groups is 2. The van der Waals surface area contributed by atoms with Crippen molar-refractivity contribution in [3.8, 4) is 17.2 Å². The third kappa shape index (κ3) is 12.6. The highest BCUT2D eigenvalue weighted by Gasteiger charge is 2.33. The molecular formula is C29H38F3NO7. The van der Waals surface area contributed by atoms with Crippen LogP contribution in [-0.4, -0.2) is 60.8 Å². The highest BCUT2D eigenvalue weighted by Crippen LogP contribution is 2.32. The van der Waals surface area contributed by atoms with E-state index in [1.54, 1.807) is 31.2 Å². The van der Waals surface area contributed by atoms with E-state index in [2.05, 4.69) is 11.7 Å². The normalized spacial score (nSPS) is 12.0. The van der Waals surface area contributed by atoms with Crippen molar-refractivity contribution in [2.45, 2.75) is 71.3 Å². The topological polar surface area (TPSA) is 94.5 Å². The van der Waals surface area contributed by atoms with Crippen molar-refractivity contribution in [1.29, 1.82) is 0 Å². The van der Waals surface area contributed by atoms with Gasteiger partial charge in [0.15, 0.2) is 17.6 Å². The molecule has 0 aliphatic rings. The van der Waals surface area contributed by atoms with E-state index >= 15 is 0 Å². The third-order valence-electron chi connectivity index (χ3n) is 5.93. The first-order valence-electron chi connectivity index (χ1n) is 13.5. The number of benzene rings is 2. The molecule has 2 aromatic rings. The van der Waals surface area contributed by atoms with Crippen LogP contribution in [0.4, 0.5) is 18.0 Å². The number of carboxylic acid groups (broad SMARTS) is 1. The molecule has 2 rings (SSSR count). The van der Waals surface area contributed by atoms with Gasteiger partial charge in [-0.2, -0.15) is 0 Å². The van der Waals surface area contributed by atoms with Crippen molar-refractivity contribution in [2.75, 3.05) is 26.3 Å². The number of alkyl halides is 3. The van der Waals surface area contributed by atoms with Crippen molar-refractivity contribution < 1.29 is 46.8 Å². The van der Waals surface area contributed by atoms with Crippen LogP contribution in [0.25, 0.3) is 0 Å². The molecule has 0 bridgehead atoms. The average molecular weight is 570 g/mol. The Labute approximate surface area is 233 Å². The maximum absolute atomic E-state index is 12.9. The van der Waals surface area contributed by atoms with Crippen molar-refractivity contribution in [3.63, 3.8) is 0 Å². The van der Waals surface area contributed by atoms with Gasteiger partial charge >= 0.3 is 18.4 Å². The van der Waals surface area contributed by atoms with Gasteiger partial charge in [-0.15, -0.1) is 13.2 Å². The molecule has 1 unspecified atom stereocenters. The minimum atomic E-state index is -4.93. The molecule has 0 saturated carbocycles. The Morgan fingerprint density at radius 2 is 1.55 bits per heavy atom. The molecule has 0 saturated heterocycles. The minimum Gasteiger partial charge on any atom is -0.492 e. The number of ether oxygens (including phenoxy) is 4. The summed E-state index contributed by atoms with van der Waals surface area (Å²) in [5.41, 5.74) is 0.765. The summed E-state index contributed by atoms with van der Waals surface area (Å²) in [5.74, 6) is -1.45. The molecule has 0 aromatic heterocycles. The number of para-hydroxylation sites is 2. The third-order valence-corrected chi connectivity index (χ3v) is 5.93. The largest absolute Gasteiger partial charge is 0.573 e. The average Bonchev–Trinajstić information content (AvgIpc) is 2.90. The second-order valence-electron chi connectivity index (χ2n) is 9.10. The predicted molar refractivity (Wildman–Crippen MR) is 143 cm³/mol. The van der Waals surface area contributed by atoms with Gasteiger partial charge in [0, 0.05) is 19.6 Å². The van der Waals surface area contributed by atoms with Crippen molar-refractivity contribution >= 4 is 12.1 Å². The van der Waals surface area contributed by atoms with E-state index in [4.69, 9.17) is 14.2 Å². The van der Waals surface area contributed by atoms with Gasteiger partial charge in [-0.05, 0) is 43.2 Å². The second-order valence-corrected chi connectivity index (χ2v) is 9.10. The molecule has 222 valence electrons. The monoisotopic (exact) mass is 569 g/mol. The summed E-state index contributed by atoms with van der Waals surface area (Å²) in [4.78, 5) is 25.7. The summed E-state index contributed by atoms with van der Waals surface area (Å²) < 4.78 is 58.6. The van der Waals surface area contributed by atoms with E-state index in [0.29, 0.717) is 18.7 Å². The van der Waals surface area contributed by atoms with E-state index in [-0.39, 0.29) is 31.9 Å². The van der Waals surface area contributed by atoms with Crippen LogP contribution >= 0.6 is 0 Å². The van der Waals surface area contributed by atoms with Crippen LogP contribution in [0.3, 0.4) is 0 Å². The lowest BCUT2D eigenvalue weighted by Crippen LogP contribution is -2.37. The molecule has 2 aromatic carbocycles. The minimum absolute atomic E-state index is 0.113. The molecular weight excluding hydrogens is 531 g/mol. The number of aliphatic carboxylic acids is 1. The molecule has 40 heavy (non-hydrogen) atoms. The quantitative estimate of drug-likeness (QED) is 0.196. The Morgan fingerprint density at radius 3 is 2.17 bits per heavy atom. The summed E-state index contributed by atoms with van der Waals surface area (Å²) in [6.07, 6.45) is -0.486. The fourth-order valence-electron chi connectivity index (χ4n) is 3.91. The Kier molecular flexibility index (Phi) is 14.1. The Balaban J connectivity index is 1.99. The number of halogens is 3. The Bertz CT molecular complexity index is 1030. The summed E-state index contributed by atoms with van der Waals surface area (Å²) in [5, 5.41) is 9.26. The molecule has 0 spiro atoms. The SMILES string of the molecule is CCCCCCCCN(CCOc1ccc(CC(OCC)C(=O)O)cc1)C(=O)Oc1ccccc1OC(F)(F)F. The molecule has 1 atom stereocenters. The maximum Gasteiger partial charge on any atom is 0.573 e. The molecule has 0 radical (unpaired) electrons. The zero-order valence-electron chi connectivity index (χ0n) is 23.0. The van der Waals surface area contributed by atoms with E-state index in [9.17, 15) is 27.9 Å². The number of carboxylic acids is 1. The van der Waals surface area contributed by atoms with E-state index in [1.807, 2.05) is 0 Å². The van der Waals surface area contributed by atoms with Gasteiger partial charge in [-0.25, -0.2) is 9.59 Å². The van der Waals surface area contributed by atoms with Gasteiger partial charge in [-0.1, -0.05) is 63.3 Å². The van der Waals surface area contributed by atoms with Crippen LogP contribution in [-0.2, 0) is 16.0 Å². The summed E-state index contributed by atoms with van der Waals surface area (Å²) in [6.45, 7) is 4.75. The fourth-order valence-corrected chi connectivity index (χ4v) is 3.91. The summed E-state index contributed by atoms with van der Waals surface area (Å²) in [6, 6.07) is 12.0. The first kappa shape index (κ1) is 32.7. The van der Waals surface area contributed by atoms with Crippen LogP contribution in [0.2, 0.25) is 0 Å². The first-order valence-corrected chi connectivity index (χ1v) is 13.5. The van der Waals surface area contributed by atoms with Crippen molar-refractivity contribution in [3.05, 3.63) is 54.1 Å². The lowest BCUT2D eigenvalue weighted by atomic mass is 10.1. The van der Waals surface area contributed by atoms with Crippen LogP contribution in [0.1, 0.15) is 57.9 Å². The van der Waals surface area contributed by atoms with Crippen LogP contribution in [0, 0.1) is 0 Å². The molecule has 1 N–H and O–H groups in total. The number of hydrogen-bond donors (Lipinski definition) is 1. The van der Waals surface area contributed by atoms with Crippen molar-refractivity contribution in [2.24, 2.45) is 0 Å². The molecule has 0 aliphatic heterocycles. The predicted octanol–water partition coefficient (Wildman–Crippen LogP) is 6.86. The first-order chi connectivity index (χ1) is 19.1. The van der Waals surface area contributed by atoms with Crippen LogP contribution in [0.5, 0.6) is 17.2 Å². The second kappa shape index (κ2) is 17.3. The molecule has 1 amide bonds. The highest BCUT2D eigenvalue weighted by molar-refractivity contribution is 5.73. The van der Waals surface area contributed by atoms with E-state index < -0.39 is 30.3 Å². The molecule has 0 heterocycles. The fraction of sp³-hybridized carbons (Fsp3) is 0.517. The van der Waals surface area contributed by atoms with Gasteiger partial charge in [-0.3, -0.25) is 0 Å². The summed E-state index contributed by atoms with van der Waals surface area (Å²) in [7, 11) is 0. The Morgan fingerprint density at radius 1 is 0.900 bits per heavy atom. The van der Waals surface area contributed by atoms with Crippen LogP contribution < -0.4 is 14.2 Å². The Hall–Kier alpha value is -3.47. The van der Waals surface area contributed by atoms with Gasteiger partial charge in [0.1, 0.15) is 12.4 Å². The molecule has 8 nitrogen and oxygen atoms in total. The van der Waals surface area contributed by atoms with Gasteiger partial charge in [0.2, 0.25) is 0 Å². The number of nitrogens with zero attached hydrogens (tertiary/aromatic N) is 1. The van der Waals surface area contributed by atoms with Gasteiger partial charge < -0.3 is 29.0 Å². The lowest BCUT2D eigenvalue weighted by molar-refractivity contribution is -0.275. The standard InChI is InChI=1S/C29H38F3NO7/c1-3-5-6-7-8-11-18-33(28(36)39-24-12-9-10-13-25(24)40-29(30,31)32)19-20-38-23-16-14-22(15-17-23)21-26(27(34)35)37-4-2/h9-10,12-17,26H,3-8,11,18-21H2,1-2H3,(H,34,35). The molecule has 0 aliphatic carbocycles. The number of unbranched alkanes of at least 4 members (excludes halogenated alkanes) is 5. The van der Waals surface area contributed by atoms with E-state index in [0.717, 1.165) is 43.7 Å².